The molecule has 4 nitrogen and oxygen atoms in total. The van der Waals surface area contributed by atoms with E-state index < -0.39 is 5.97 Å². The number of nitrogens with zero attached hydrogens (tertiary/aromatic N) is 1. The van der Waals surface area contributed by atoms with E-state index in [0.717, 1.165) is 25.9 Å². The van der Waals surface area contributed by atoms with Crippen LogP contribution in [0.1, 0.15) is 29.9 Å². The van der Waals surface area contributed by atoms with Crippen molar-refractivity contribution < 1.29 is 14.6 Å². The summed E-state index contributed by atoms with van der Waals surface area (Å²) in [6.07, 6.45) is 3.55. The second-order valence-electron chi connectivity index (χ2n) is 6.87. The van der Waals surface area contributed by atoms with Crippen LogP contribution >= 0.6 is 12.4 Å². The Morgan fingerprint density at radius 1 is 1.00 bits per heavy atom. The average molecular weight is 402 g/mol. The fourth-order valence-electron chi connectivity index (χ4n) is 3.55. The van der Waals surface area contributed by atoms with Gasteiger partial charge in [0.05, 0.1) is 6.61 Å². The molecular formula is C23H28ClNO3. The van der Waals surface area contributed by atoms with Crippen LogP contribution in [0.2, 0.25) is 0 Å². The second-order valence-corrected chi connectivity index (χ2v) is 6.87. The van der Waals surface area contributed by atoms with Crippen LogP contribution in [0.3, 0.4) is 0 Å². The lowest BCUT2D eigenvalue weighted by molar-refractivity contribution is -0.133. The summed E-state index contributed by atoms with van der Waals surface area (Å²) in [7, 11) is 0. The molecule has 0 amide bonds. The van der Waals surface area contributed by atoms with Gasteiger partial charge in [-0.05, 0) is 24.0 Å². The van der Waals surface area contributed by atoms with Crippen LogP contribution in [0.5, 0.6) is 0 Å². The highest BCUT2D eigenvalue weighted by molar-refractivity contribution is 5.87. The summed E-state index contributed by atoms with van der Waals surface area (Å²) in [6.45, 7) is 3.49. The van der Waals surface area contributed by atoms with E-state index in [-0.39, 0.29) is 12.4 Å². The van der Waals surface area contributed by atoms with Crippen LogP contribution < -0.4 is 0 Å². The summed E-state index contributed by atoms with van der Waals surface area (Å²) < 4.78 is 5.90. The van der Waals surface area contributed by atoms with Crippen molar-refractivity contribution in [3.8, 4) is 0 Å². The molecule has 0 aromatic heterocycles. The molecule has 0 atom stereocenters. The normalized spacial score (nSPS) is 14.4. The van der Waals surface area contributed by atoms with Crippen molar-refractivity contribution in [2.45, 2.75) is 18.8 Å². The molecule has 1 aliphatic rings. The van der Waals surface area contributed by atoms with Gasteiger partial charge in [-0.1, -0.05) is 66.7 Å². The van der Waals surface area contributed by atoms with Gasteiger partial charge in [0.2, 0.25) is 0 Å². The quantitative estimate of drug-likeness (QED) is 0.634. The lowest BCUT2D eigenvalue weighted by atomic mass is 9.89. The van der Waals surface area contributed by atoms with Crippen molar-refractivity contribution in [3.05, 3.63) is 83.4 Å². The minimum Gasteiger partial charge on any atom is -0.478 e. The van der Waals surface area contributed by atoms with Crippen LogP contribution in [-0.2, 0) is 9.53 Å². The molecule has 2 aromatic carbocycles. The smallest absolute Gasteiger partial charge is 0.332 e. The Bertz CT molecular complexity index is 709. The number of carboxylic acids is 1. The van der Waals surface area contributed by atoms with Gasteiger partial charge < -0.3 is 9.84 Å². The Morgan fingerprint density at radius 3 is 2.18 bits per heavy atom. The highest BCUT2D eigenvalue weighted by Gasteiger charge is 2.17. The summed E-state index contributed by atoms with van der Waals surface area (Å²) >= 11 is 0. The van der Waals surface area contributed by atoms with E-state index in [1.807, 2.05) is 18.2 Å². The molecule has 0 fully saturated rings. The summed E-state index contributed by atoms with van der Waals surface area (Å²) in [5, 5.41) is 9.12. The predicted octanol–water partition coefficient (Wildman–Crippen LogP) is 4.36. The Labute approximate surface area is 173 Å². The van der Waals surface area contributed by atoms with Crippen LogP contribution in [0.4, 0.5) is 0 Å². The third-order valence-electron chi connectivity index (χ3n) is 5.01. The van der Waals surface area contributed by atoms with Crippen LogP contribution in [0.15, 0.2) is 72.3 Å². The SMILES string of the molecule is Cl.O=C(O)C1=CCCN(CCOCCC(c2ccccc2)c2ccccc2)C1. The predicted molar refractivity (Wildman–Crippen MR) is 114 cm³/mol. The first-order chi connectivity index (χ1) is 13.2. The van der Waals surface area contributed by atoms with E-state index in [1.54, 1.807) is 0 Å². The molecule has 0 bridgehead atoms. The van der Waals surface area contributed by atoms with Gasteiger partial charge in [-0.3, -0.25) is 4.90 Å². The van der Waals surface area contributed by atoms with Crippen molar-refractivity contribution in [2.24, 2.45) is 0 Å². The van der Waals surface area contributed by atoms with Gasteiger partial charge in [0.1, 0.15) is 0 Å². The number of hydrogen-bond acceptors (Lipinski definition) is 3. The monoisotopic (exact) mass is 401 g/mol. The number of ether oxygens (including phenoxy) is 1. The average Bonchev–Trinajstić information content (AvgIpc) is 2.72. The molecule has 0 aliphatic carbocycles. The minimum atomic E-state index is -0.811. The summed E-state index contributed by atoms with van der Waals surface area (Å²) in [5.74, 6) is -0.488. The van der Waals surface area contributed by atoms with Gasteiger partial charge in [-0.15, -0.1) is 12.4 Å². The molecule has 1 N–H and O–H groups in total. The van der Waals surface area contributed by atoms with Crippen molar-refractivity contribution in [3.63, 3.8) is 0 Å². The molecule has 1 aliphatic heterocycles. The van der Waals surface area contributed by atoms with Crippen LogP contribution in [-0.4, -0.2) is 48.8 Å². The van der Waals surface area contributed by atoms with Crippen molar-refractivity contribution in [1.29, 1.82) is 0 Å². The number of halogens is 1. The van der Waals surface area contributed by atoms with Gasteiger partial charge in [-0.2, -0.15) is 0 Å². The molecule has 0 saturated carbocycles. The van der Waals surface area contributed by atoms with E-state index in [4.69, 9.17) is 9.84 Å². The van der Waals surface area contributed by atoms with Crippen LogP contribution in [0.25, 0.3) is 0 Å². The fraction of sp³-hybridized carbons (Fsp3) is 0.348. The van der Waals surface area contributed by atoms with E-state index in [9.17, 15) is 4.79 Å². The summed E-state index contributed by atoms with van der Waals surface area (Å²) in [5.41, 5.74) is 3.11. The maximum Gasteiger partial charge on any atom is 0.332 e. The standard InChI is InChI=1S/C23H27NO3.ClH/c25-23(26)21-12-7-14-24(18-21)15-17-27-16-13-22(19-8-3-1-4-9-19)20-10-5-2-6-11-20;/h1-6,8-12,22H,7,13-18H2,(H,25,26);1H. The van der Waals surface area contributed by atoms with Gasteiger partial charge in [0.15, 0.2) is 0 Å². The zero-order chi connectivity index (χ0) is 18.9. The highest BCUT2D eigenvalue weighted by Crippen LogP contribution is 2.27. The van der Waals surface area contributed by atoms with Gasteiger partial charge in [0.25, 0.3) is 0 Å². The molecule has 3 rings (SSSR count). The van der Waals surface area contributed by atoms with E-state index >= 15 is 0 Å². The largest absolute Gasteiger partial charge is 0.478 e. The lowest BCUT2D eigenvalue weighted by Gasteiger charge is -2.25. The molecule has 0 unspecified atom stereocenters. The molecule has 2 aromatic rings. The van der Waals surface area contributed by atoms with E-state index in [1.165, 1.54) is 11.1 Å². The van der Waals surface area contributed by atoms with E-state index in [0.29, 0.717) is 31.2 Å². The third-order valence-corrected chi connectivity index (χ3v) is 5.01. The molecule has 28 heavy (non-hydrogen) atoms. The molecule has 0 spiro atoms. The Kier molecular flexibility index (Phi) is 9.21. The number of carbonyl (C=O) groups is 1. The fourth-order valence-corrected chi connectivity index (χ4v) is 3.55. The maximum absolute atomic E-state index is 11.1. The third kappa shape index (κ3) is 6.48. The number of hydrogen-bond donors (Lipinski definition) is 1. The highest BCUT2D eigenvalue weighted by atomic mass is 35.5. The molecule has 1 heterocycles. The maximum atomic E-state index is 11.1. The van der Waals surface area contributed by atoms with Gasteiger partial charge in [0, 0.05) is 37.7 Å². The first-order valence-corrected chi connectivity index (χ1v) is 9.56. The Balaban J connectivity index is 0.00000280. The number of rotatable bonds is 9. The number of aliphatic carboxylic acids is 1. The summed E-state index contributed by atoms with van der Waals surface area (Å²) in [6, 6.07) is 21.1. The Morgan fingerprint density at radius 2 is 1.61 bits per heavy atom. The lowest BCUT2D eigenvalue weighted by Crippen LogP contribution is -2.34. The molecule has 0 saturated heterocycles. The van der Waals surface area contributed by atoms with E-state index in [2.05, 4.69) is 53.4 Å². The topological polar surface area (TPSA) is 49.8 Å². The molecule has 150 valence electrons. The Hall–Kier alpha value is -2.14. The first kappa shape index (κ1) is 22.2. The molecular weight excluding hydrogens is 374 g/mol. The zero-order valence-corrected chi connectivity index (χ0v) is 16.8. The van der Waals surface area contributed by atoms with Gasteiger partial charge in [-0.25, -0.2) is 4.79 Å². The number of carboxylic acid groups (broad SMARTS) is 1. The van der Waals surface area contributed by atoms with Gasteiger partial charge >= 0.3 is 5.97 Å². The zero-order valence-electron chi connectivity index (χ0n) is 16.0. The molecule has 5 heteroatoms. The number of benzene rings is 2. The second kappa shape index (κ2) is 11.6. The molecule has 0 radical (unpaired) electrons. The van der Waals surface area contributed by atoms with Crippen molar-refractivity contribution in [2.75, 3.05) is 32.8 Å². The first-order valence-electron chi connectivity index (χ1n) is 9.56. The van der Waals surface area contributed by atoms with Crippen LogP contribution in [0, 0.1) is 0 Å². The van der Waals surface area contributed by atoms with Crippen molar-refractivity contribution >= 4 is 18.4 Å². The summed E-state index contributed by atoms with van der Waals surface area (Å²) in [4.78, 5) is 13.2. The van der Waals surface area contributed by atoms with Crippen molar-refractivity contribution in [1.82, 2.24) is 4.90 Å². The minimum absolute atomic E-state index is 0.